The van der Waals surface area contributed by atoms with Crippen LogP contribution in [0.15, 0.2) is 17.5 Å². The summed E-state index contributed by atoms with van der Waals surface area (Å²) >= 11 is 1.90. The molecule has 1 aromatic heterocycles. The Labute approximate surface area is 136 Å². The highest BCUT2D eigenvalue weighted by molar-refractivity contribution is 7.09. The topological polar surface area (TPSA) is 12.0 Å². The number of thiophene rings is 1. The second kappa shape index (κ2) is 13.3. The van der Waals surface area contributed by atoms with Crippen molar-refractivity contribution in [1.82, 2.24) is 5.32 Å². The van der Waals surface area contributed by atoms with Crippen LogP contribution in [0.4, 0.5) is 0 Å². The molecular weight excluding hydrogens is 274 g/mol. The SMILES string of the molecule is CCCCCCCCCC(CCc1cccs1)NCCC. The highest BCUT2D eigenvalue weighted by Gasteiger charge is 2.08. The molecule has 1 rings (SSSR count). The van der Waals surface area contributed by atoms with Crippen molar-refractivity contribution < 1.29 is 0 Å². The summed E-state index contributed by atoms with van der Waals surface area (Å²) in [5.41, 5.74) is 0. The third-order valence-corrected chi connectivity index (χ3v) is 5.09. The van der Waals surface area contributed by atoms with Gasteiger partial charge in [0.2, 0.25) is 0 Å². The van der Waals surface area contributed by atoms with Crippen molar-refractivity contribution in [3.63, 3.8) is 0 Å². The van der Waals surface area contributed by atoms with E-state index in [2.05, 4.69) is 36.7 Å². The monoisotopic (exact) mass is 309 g/mol. The molecule has 0 aliphatic carbocycles. The van der Waals surface area contributed by atoms with Gasteiger partial charge in [-0.2, -0.15) is 0 Å². The fourth-order valence-corrected chi connectivity index (χ4v) is 3.54. The van der Waals surface area contributed by atoms with Gasteiger partial charge in [0.1, 0.15) is 0 Å². The first-order valence-corrected chi connectivity index (χ1v) is 10.0. The molecule has 1 atom stereocenters. The van der Waals surface area contributed by atoms with Gasteiger partial charge < -0.3 is 5.32 Å². The molecule has 2 heteroatoms. The van der Waals surface area contributed by atoms with E-state index in [4.69, 9.17) is 0 Å². The first-order chi connectivity index (χ1) is 10.4. The number of hydrogen-bond donors (Lipinski definition) is 1. The molecule has 1 N–H and O–H groups in total. The molecule has 0 spiro atoms. The molecule has 0 saturated carbocycles. The average Bonchev–Trinajstić information content (AvgIpc) is 3.01. The van der Waals surface area contributed by atoms with Crippen molar-refractivity contribution in [2.45, 2.75) is 90.5 Å². The third-order valence-electron chi connectivity index (χ3n) is 4.16. The van der Waals surface area contributed by atoms with Crippen LogP contribution < -0.4 is 5.32 Å². The van der Waals surface area contributed by atoms with E-state index in [1.54, 1.807) is 0 Å². The molecule has 0 amide bonds. The van der Waals surface area contributed by atoms with Gasteiger partial charge in [-0.25, -0.2) is 0 Å². The molecule has 0 bridgehead atoms. The third kappa shape index (κ3) is 10.1. The van der Waals surface area contributed by atoms with Crippen LogP contribution in [0.5, 0.6) is 0 Å². The number of hydrogen-bond acceptors (Lipinski definition) is 2. The molecule has 0 fully saturated rings. The molecule has 0 radical (unpaired) electrons. The summed E-state index contributed by atoms with van der Waals surface area (Å²) in [6.07, 6.45) is 15.1. The van der Waals surface area contributed by atoms with Gasteiger partial charge in [0.15, 0.2) is 0 Å². The van der Waals surface area contributed by atoms with Gasteiger partial charge in [-0.05, 0) is 43.7 Å². The van der Waals surface area contributed by atoms with Crippen molar-refractivity contribution in [3.8, 4) is 0 Å². The van der Waals surface area contributed by atoms with Crippen molar-refractivity contribution in [3.05, 3.63) is 22.4 Å². The zero-order valence-electron chi connectivity index (χ0n) is 14.2. The van der Waals surface area contributed by atoms with Gasteiger partial charge in [-0.3, -0.25) is 0 Å². The van der Waals surface area contributed by atoms with Crippen LogP contribution in [0.3, 0.4) is 0 Å². The lowest BCUT2D eigenvalue weighted by Crippen LogP contribution is -2.30. The van der Waals surface area contributed by atoms with E-state index >= 15 is 0 Å². The van der Waals surface area contributed by atoms with Gasteiger partial charge in [0, 0.05) is 10.9 Å². The fraction of sp³-hybridized carbons (Fsp3) is 0.789. The van der Waals surface area contributed by atoms with Gasteiger partial charge >= 0.3 is 0 Å². The van der Waals surface area contributed by atoms with Crippen LogP contribution in [0, 0.1) is 0 Å². The van der Waals surface area contributed by atoms with Crippen LogP contribution in [0.2, 0.25) is 0 Å². The summed E-state index contributed by atoms with van der Waals surface area (Å²) < 4.78 is 0. The van der Waals surface area contributed by atoms with E-state index in [0.29, 0.717) is 0 Å². The van der Waals surface area contributed by atoms with E-state index in [9.17, 15) is 0 Å². The van der Waals surface area contributed by atoms with Crippen LogP contribution >= 0.6 is 11.3 Å². The number of aryl methyl sites for hydroxylation is 1. The molecule has 0 aromatic carbocycles. The Balaban J connectivity index is 2.10. The van der Waals surface area contributed by atoms with E-state index in [1.165, 1.54) is 82.1 Å². The first-order valence-electron chi connectivity index (χ1n) is 9.12. The molecule has 0 aliphatic rings. The average molecular weight is 310 g/mol. The molecule has 0 saturated heterocycles. The summed E-state index contributed by atoms with van der Waals surface area (Å²) in [7, 11) is 0. The Morgan fingerprint density at radius 2 is 1.71 bits per heavy atom. The number of rotatable bonds is 14. The Kier molecular flexibility index (Phi) is 11.9. The summed E-state index contributed by atoms with van der Waals surface area (Å²) in [4.78, 5) is 1.54. The molecule has 1 unspecified atom stereocenters. The zero-order chi connectivity index (χ0) is 15.2. The highest BCUT2D eigenvalue weighted by Crippen LogP contribution is 2.16. The van der Waals surface area contributed by atoms with Crippen molar-refractivity contribution in [2.75, 3.05) is 6.54 Å². The van der Waals surface area contributed by atoms with Crippen molar-refractivity contribution in [1.29, 1.82) is 0 Å². The summed E-state index contributed by atoms with van der Waals surface area (Å²) in [6.45, 7) is 5.72. The van der Waals surface area contributed by atoms with Gasteiger partial charge in [-0.1, -0.05) is 64.9 Å². The second-order valence-corrected chi connectivity index (χ2v) is 7.21. The standard InChI is InChI=1S/C19H35NS/c1-3-5-6-7-8-9-10-12-18(20-16-4-2)14-15-19-13-11-17-21-19/h11,13,17-18,20H,3-10,12,14-16H2,1-2H3. The summed E-state index contributed by atoms with van der Waals surface area (Å²) in [6, 6.07) is 5.17. The van der Waals surface area contributed by atoms with E-state index in [0.717, 1.165) is 6.04 Å². The quantitative estimate of drug-likeness (QED) is 0.404. The minimum Gasteiger partial charge on any atom is -0.314 e. The van der Waals surface area contributed by atoms with Crippen LogP contribution in [0.25, 0.3) is 0 Å². The predicted octanol–water partition coefficient (Wildman–Crippen LogP) is 6.19. The first kappa shape index (κ1) is 18.7. The second-order valence-electron chi connectivity index (χ2n) is 6.18. The number of unbranched alkanes of at least 4 members (excludes halogenated alkanes) is 6. The maximum absolute atomic E-state index is 3.75. The minimum atomic E-state index is 0.725. The van der Waals surface area contributed by atoms with Gasteiger partial charge in [-0.15, -0.1) is 11.3 Å². The van der Waals surface area contributed by atoms with E-state index in [1.807, 2.05) is 11.3 Å². The normalized spacial score (nSPS) is 12.7. The molecule has 1 aromatic rings. The molecule has 1 heterocycles. The highest BCUT2D eigenvalue weighted by atomic mass is 32.1. The van der Waals surface area contributed by atoms with Crippen LogP contribution in [0.1, 0.15) is 82.9 Å². The Morgan fingerprint density at radius 1 is 0.952 bits per heavy atom. The van der Waals surface area contributed by atoms with E-state index in [-0.39, 0.29) is 0 Å². The Bertz CT molecular complexity index is 307. The molecule has 122 valence electrons. The minimum absolute atomic E-state index is 0.725. The maximum Gasteiger partial charge on any atom is 0.00705 e. The smallest absolute Gasteiger partial charge is 0.00705 e. The summed E-state index contributed by atoms with van der Waals surface area (Å²) in [5, 5.41) is 5.94. The van der Waals surface area contributed by atoms with Crippen molar-refractivity contribution >= 4 is 11.3 Å². The number of nitrogens with one attached hydrogen (secondary N) is 1. The van der Waals surface area contributed by atoms with Crippen LogP contribution in [-0.4, -0.2) is 12.6 Å². The molecular formula is C19H35NS. The molecule has 0 aliphatic heterocycles. The maximum atomic E-state index is 3.75. The van der Waals surface area contributed by atoms with E-state index < -0.39 is 0 Å². The van der Waals surface area contributed by atoms with Gasteiger partial charge in [0.25, 0.3) is 0 Å². The molecule has 21 heavy (non-hydrogen) atoms. The van der Waals surface area contributed by atoms with Gasteiger partial charge in [0.05, 0.1) is 0 Å². The lowest BCUT2D eigenvalue weighted by molar-refractivity contribution is 0.430. The zero-order valence-corrected chi connectivity index (χ0v) is 15.0. The Morgan fingerprint density at radius 3 is 2.38 bits per heavy atom. The van der Waals surface area contributed by atoms with Crippen LogP contribution in [-0.2, 0) is 6.42 Å². The predicted molar refractivity (Wildman–Crippen MR) is 97.3 cm³/mol. The fourth-order valence-electron chi connectivity index (χ4n) is 2.82. The lowest BCUT2D eigenvalue weighted by Gasteiger charge is -2.18. The summed E-state index contributed by atoms with van der Waals surface area (Å²) in [5.74, 6) is 0. The molecule has 1 nitrogen and oxygen atoms in total. The lowest BCUT2D eigenvalue weighted by atomic mass is 10.0. The Hall–Kier alpha value is -0.340. The largest absolute Gasteiger partial charge is 0.314 e. The van der Waals surface area contributed by atoms with Crippen molar-refractivity contribution in [2.24, 2.45) is 0 Å².